The Morgan fingerprint density at radius 1 is 0.941 bits per heavy atom. The summed E-state index contributed by atoms with van der Waals surface area (Å²) >= 11 is 5.87. The lowest BCUT2D eigenvalue weighted by molar-refractivity contribution is 0.0728. The number of rotatable bonds is 7. The largest absolute Gasteiger partial charge is 0.490 e. The van der Waals surface area contributed by atoms with Crippen molar-refractivity contribution in [1.82, 2.24) is 5.43 Å². The average molecular weight is 479 g/mol. The number of carbonyl (C=O) groups excluding carboxylic acids is 2. The smallest absolute Gasteiger partial charge is 0.343 e. The third kappa shape index (κ3) is 6.68. The van der Waals surface area contributed by atoms with Crippen molar-refractivity contribution in [2.75, 3.05) is 6.61 Å². The van der Waals surface area contributed by atoms with Crippen LogP contribution in [0.3, 0.4) is 0 Å². The molecule has 0 unspecified atom stereocenters. The van der Waals surface area contributed by atoms with Gasteiger partial charge < -0.3 is 9.47 Å². The SMILES string of the molecule is CCOc1cc(/C=N\NC(=O)c2ccc(C(C)(C)C)cc2)ccc1OC(=O)c1ccc(Cl)cc1. The summed E-state index contributed by atoms with van der Waals surface area (Å²) in [5.74, 6) is -0.168. The van der Waals surface area contributed by atoms with Crippen molar-refractivity contribution < 1.29 is 19.1 Å². The van der Waals surface area contributed by atoms with Crippen molar-refractivity contribution >= 4 is 29.7 Å². The molecule has 0 atom stereocenters. The Labute approximate surface area is 204 Å². The quantitative estimate of drug-likeness (QED) is 0.195. The van der Waals surface area contributed by atoms with Crippen LogP contribution in [0.15, 0.2) is 71.8 Å². The fourth-order valence-corrected chi connectivity index (χ4v) is 3.18. The first-order valence-corrected chi connectivity index (χ1v) is 11.2. The third-order valence-electron chi connectivity index (χ3n) is 4.94. The minimum atomic E-state index is -0.524. The normalized spacial score (nSPS) is 11.3. The summed E-state index contributed by atoms with van der Waals surface area (Å²) in [6.45, 7) is 8.57. The van der Waals surface area contributed by atoms with Crippen LogP contribution < -0.4 is 14.9 Å². The molecule has 176 valence electrons. The monoisotopic (exact) mass is 478 g/mol. The first-order chi connectivity index (χ1) is 16.2. The van der Waals surface area contributed by atoms with Gasteiger partial charge in [-0.1, -0.05) is 44.5 Å². The topological polar surface area (TPSA) is 77.0 Å². The van der Waals surface area contributed by atoms with Gasteiger partial charge in [-0.25, -0.2) is 10.2 Å². The van der Waals surface area contributed by atoms with Crippen molar-refractivity contribution in [2.24, 2.45) is 5.10 Å². The number of hydrogen-bond acceptors (Lipinski definition) is 5. The summed E-state index contributed by atoms with van der Waals surface area (Å²) in [7, 11) is 0. The maximum atomic E-state index is 12.4. The Morgan fingerprint density at radius 3 is 2.21 bits per heavy atom. The van der Waals surface area contributed by atoms with E-state index in [4.69, 9.17) is 21.1 Å². The minimum absolute atomic E-state index is 0.0146. The highest BCUT2D eigenvalue weighted by molar-refractivity contribution is 6.30. The number of ether oxygens (including phenoxy) is 2. The number of benzene rings is 3. The van der Waals surface area contributed by atoms with Gasteiger partial charge in [-0.2, -0.15) is 5.10 Å². The van der Waals surface area contributed by atoms with E-state index in [-0.39, 0.29) is 17.1 Å². The summed E-state index contributed by atoms with van der Waals surface area (Å²) < 4.78 is 11.1. The van der Waals surface area contributed by atoms with Gasteiger partial charge in [0.25, 0.3) is 5.91 Å². The van der Waals surface area contributed by atoms with Crippen molar-refractivity contribution in [3.63, 3.8) is 0 Å². The van der Waals surface area contributed by atoms with Crippen molar-refractivity contribution in [3.05, 3.63) is 94.0 Å². The van der Waals surface area contributed by atoms with Crippen LogP contribution >= 0.6 is 11.6 Å². The maximum absolute atomic E-state index is 12.4. The lowest BCUT2D eigenvalue weighted by atomic mass is 9.87. The highest BCUT2D eigenvalue weighted by atomic mass is 35.5. The molecule has 3 aromatic carbocycles. The molecule has 0 aliphatic rings. The molecule has 3 rings (SSSR count). The molecule has 0 fully saturated rings. The van der Waals surface area contributed by atoms with Crippen molar-refractivity contribution in [2.45, 2.75) is 33.1 Å². The molecule has 0 aliphatic heterocycles. The summed E-state index contributed by atoms with van der Waals surface area (Å²) in [5.41, 5.74) is 5.24. The van der Waals surface area contributed by atoms with Crippen LogP contribution in [0.4, 0.5) is 0 Å². The number of hydrogen-bond donors (Lipinski definition) is 1. The van der Waals surface area contributed by atoms with Gasteiger partial charge in [0.1, 0.15) is 0 Å². The molecule has 0 bridgehead atoms. The molecule has 6 nitrogen and oxygen atoms in total. The van der Waals surface area contributed by atoms with E-state index in [1.165, 1.54) is 6.21 Å². The standard InChI is InChI=1S/C27H27ClN2O4/c1-5-33-24-16-18(6-15-23(24)34-26(32)20-9-13-22(28)14-10-20)17-29-30-25(31)19-7-11-21(12-8-19)27(2,3)4/h6-17H,5H2,1-4H3,(H,30,31)/b29-17-. The molecule has 0 aromatic heterocycles. The zero-order valence-electron chi connectivity index (χ0n) is 19.6. The molecule has 0 heterocycles. The predicted octanol–water partition coefficient (Wildman–Crippen LogP) is 6.02. The van der Waals surface area contributed by atoms with Crippen molar-refractivity contribution in [1.29, 1.82) is 0 Å². The highest BCUT2D eigenvalue weighted by Gasteiger charge is 2.15. The lowest BCUT2D eigenvalue weighted by Crippen LogP contribution is -2.18. The summed E-state index contributed by atoms with van der Waals surface area (Å²) in [6, 6.07) is 18.9. The van der Waals surface area contributed by atoms with E-state index >= 15 is 0 Å². The van der Waals surface area contributed by atoms with E-state index in [1.54, 1.807) is 54.6 Å². The highest BCUT2D eigenvalue weighted by Crippen LogP contribution is 2.29. The Hall–Kier alpha value is -3.64. The van der Waals surface area contributed by atoms with E-state index < -0.39 is 5.97 Å². The van der Waals surface area contributed by atoms with Gasteiger partial charge in [-0.15, -0.1) is 0 Å². The average Bonchev–Trinajstić information content (AvgIpc) is 2.80. The summed E-state index contributed by atoms with van der Waals surface area (Å²) in [6.07, 6.45) is 1.49. The summed E-state index contributed by atoms with van der Waals surface area (Å²) in [5, 5.41) is 4.57. The molecular formula is C27H27ClN2O4. The van der Waals surface area contributed by atoms with E-state index in [0.29, 0.717) is 34.1 Å². The molecule has 0 saturated heterocycles. The van der Waals surface area contributed by atoms with Gasteiger partial charge in [0, 0.05) is 10.6 Å². The second-order valence-electron chi connectivity index (χ2n) is 8.56. The Kier molecular flexibility index (Phi) is 8.08. The van der Waals surface area contributed by atoms with Gasteiger partial charge >= 0.3 is 5.97 Å². The molecule has 7 heteroatoms. The third-order valence-corrected chi connectivity index (χ3v) is 5.19. The number of nitrogens with one attached hydrogen (secondary N) is 1. The van der Waals surface area contributed by atoms with E-state index in [2.05, 4.69) is 31.3 Å². The predicted molar refractivity (Wildman–Crippen MR) is 134 cm³/mol. The van der Waals surface area contributed by atoms with Crippen molar-refractivity contribution in [3.8, 4) is 11.5 Å². The van der Waals surface area contributed by atoms with Gasteiger partial charge in [-0.05, 0) is 78.1 Å². The molecule has 0 spiro atoms. The van der Waals surface area contributed by atoms with Gasteiger partial charge in [0.05, 0.1) is 18.4 Å². The molecule has 34 heavy (non-hydrogen) atoms. The second-order valence-corrected chi connectivity index (χ2v) is 9.00. The number of halogens is 1. The van der Waals surface area contributed by atoms with Gasteiger partial charge in [0.15, 0.2) is 11.5 Å². The zero-order valence-corrected chi connectivity index (χ0v) is 20.3. The van der Waals surface area contributed by atoms with Crippen LogP contribution in [0.1, 0.15) is 59.5 Å². The number of carbonyl (C=O) groups is 2. The van der Waals surface area contributed by atoms with Gasteiger partial charge in [0.2, 0.25) is 0 Å². The maximum Gasteiger partial charge on any atom is 0.343 e. The zero-order chi connectivity index (χ0) is 24.7. The molecule has 0 saturated carbocycles. The Bertz CT molecular complexity index is 1180. The lowest BCUT2D eigenvalue weighted by Gasteiger charge is -2.18. The van der Waals surface area contributed by atoms with Gasteiger partial charge in [-0.3, -0.25) is 4.79 Å². The van der Waals surface area contributed by atoms with E-state index in [9.17, 15) is 9.59 Å². The van der Waals surface area contributed by atoms with E-state index in [1.807, 2.05) is 19.1 Å². The van der Waals surface area contributed by atoms with Crippen LogP contribution in [0, 0.1) is 0 Å². The first kappa shape index (κ1) is 25.0. The summed E-state index contributed by atoms with van der Waals surface area (Å²) in [4.78, 5) is 24.8. The Morgan fingerprint density at radius 2 is 1.59 bits per heavy atom. The number of hydrazone groups is 1. The molecule has 0 aliphatic carbocycles. The second kappa shape index (κ2) is 11.0. The number of nitrogens with zero attached hydrogens (tertiary/aromatic N) is 1. The molecular weight excluding hydrogens is 452 g/mol. The fourth-order valence-electron chi connectivity index (χ4n) is 3.05. The van der Waals surface area contributed by atoms with Crippen LogP contribution in [0.25, 0.3) is 0 Å². The Balaban J connectivity index is 1.67. The minimum Gasteiger partial charge on any atom is -0.490 e. The first-order valence-electron chi connectivity index (χ1n) is 10.9. The number of amides is 1. The molecule has 1 amide bonds. The van der Waals surface area contributed by atoms with E-state index in [0.717, 1.165) is 5.56 Å². The number of esters is 1. The van der Waals surface area contributed by atoms with Crippen LogP contribution in [0.5, 0.6) is 11.5 Å². The van der Waals surface area contributed by atoms with Crippen LogP contribution in [-0.2, 0) is 5.41 Å². The molecule has 0 radical (unpaired) electrons. The molecule has 3 aromatic rings. The fraction of sp³-hybridized carbons (Fsp3) is 0.222. The van der Waals surface area contributed by atoms with Crippen LogP contribution in [-0.4, -0.2) is 24.7 Å². The van der Waals surface area contributed by atoms with Crippen LogP contribution in [0.2, 0.25) is 5.02 Å². The molecule has 1 N–H and O–H groups in total.